The zero-order valence-corrected chi connectivity index (χ0v) is 19.6. The van der Waals surface area contributed by atoms with Gasteiger partial charge in [-0.3, -0.25) is 0 Å². The second-order valence-corrected chi connectivity index (χ2v) is 8.32. The van der Waals surface area contributed by atoms with Gasteiger partial charge in [0.25, 0.3) is 0 Å². The molecule has 0 saturated heterocycles. The van der Waals surface area contributed by atoms with E-state index in [4.69, 9.17) is 16.2 Å². The standard InChI is InChI=1S/C30H27N5O/c31-21-6-19-30(29(32)20-21)36-28-17-15-27(16-18-28)35-26-13-11-25(12-14-26)34-24-9-7-23(8-10-24)33-22-4-2-1-3-5-22/h1-20,33-35H,31-32H2. The highest BCUT2D eigenvalue weighted by atomic mass is 16.5. The number of hydrogen-bond acceptors (Lipinski definition) is 6. The van der Waals surface area contributed by atoms with Gasteiger partial charge >= 0.3 is 0 Å². The summed E-state index contributed by atoms with van der Waals surface area (Å²) in [5.74, 6) is 1.27. The summed E-state index contributed by atoms with van der Waals surface area (Å²) in [6.07, 6.45) is 0. The number of nitrogens with two attached hydrogens (primary N) is 2. The summed E-state index contributed by atoms with van der Waals surface area (Å²) < 4.78 is 5.86. The first-order valence-electron chi connectivity index (χ1n) is 11.6. The third-order valence-electron chi connectivity index (χ3n) is 5.53. The molecule has 0 spiro atoms. The van der Waals surface area contributed by atoms with Crippen LogP contribution in [0.3, 0.4) is 0 Å². The topological polar surface area (TPSA) is 97.4 Å². The summed E-state index contributed by atoms with van der Waals surface area (Å²) in [5.41, 5.74) is 18.9. The zero-order chi connectivity index (χ0) is 24.7. The Balaban J connectivity index is 1.16. The van der Waals surface area contributed by atoms with Crippen molar-refractivity contribution in [3.05, 3.63) is 121 Å². The Morgan fingerprint density at radius 2 is 0.861 bits per heavy atom. The summed E-state index contributed by atoms with van der Waals surface area (Å²) in [6.45, 7) is 0. The zero-order valence-electron chi connectivity index (χ0n) is 19.6. The smallest absolute Gasteiger partial charge is 0.150 e. The maximum absolute atomic E-state index is 5.97. The van der Waals surface area contributed by atoms with Crippen molar-refractivity contribution in [1.82, 2.24) is 0 Å². The first kappa shape index (κ1) is 22.7. The number of benzene rings is 5. The van der Waals surface area contributed by atoms with Crippen LogP contribution in [0.4, 0.5) is 45.5 Å². The van der Waals surface area contributed by atoms with Crippen molar-refractivity contribution in [3.63, 3.8) is 0 Å². The van der Waals surface area contributed by atoms with Gasteiger partial charge in [0.1, 0.15) is 11.5 Å². The Morgan fingerprint density at radius 3 is 1.31 bits per heavy atom. The highest BCUT2D eigenvalue weighted by Gasteiger charge is 2.04. The predicted molar refractivity (Wildman–Crippen MR) is 151 cm³/mol. The summed E-state index contributed by atoms with van der Waals surface area (Å²) >= 11 is 0. The first-order chi connectivity index (χ1) is 17.6. The second kappa shape index (κ2) is 10.4. The molecular formula is C30H27N5O. The predicted octanol–water partition coefficient (Wildman–Crippen LogP) is 7.87. The quantitative estimate of drug-likeness (QED) is 0.147. The first-order valence-corrected chi connectivity index (χ1v) is 11.6. The van der Waals surface area contributed by atoms with Crippen LogP contribution in [0.5, 0.6) is 11.5 Å². The largest absolute Gasteiger partial charge is 0.455 e. The van der Waals surface area contributed by atoms with Gasteiger partial charge in [-0.15, -0.1) is 0 Å². The van der Waals surface area contributed by atoms with E-state index in [1.807, 2.05) is 78.9 Å². The molecule has 0 saturated carbocycles. The molecule has 7 N–H and O–H groups in total. The summed E-state index contributed by atoms with van der Waals surface area (Å²) in [4.78, 5) is 0. The molecule has 5 aromatic rings. The molecular weight excluding hydrogens is 446 g/mol. The molecule has 0 unspecified atom stereocenters. The molecule has 0 bridgehead atoms. The Hall–Kier alpha value is -5.10. The van der Waals surface area contributed by atoms with E-state index < -0.39 is 0 Å². The van der Waals surface area contributed by atoms with Crippen molar-refractivity contribution in [2.75, 3.05) is 27.4 Å². The molecule has 0 amide bonds. The minimum Gasteiger partial charge on any atom is -0.455 e. The molecule has 0 aliphatic heterocycles. The van der Waals surface area contributed by atoms with Crippen LogP contribution >= 0.6 is 0 Å². The van der Waals surface area contributed by atoms with Gasteiger partial charge in [-0.25, -0.2) is 0 Å². The third-order valence-corrected chi connectivity index (χ3v) is 5.53. The fourth-order valence-corrected chi connectivity index (χ4v) is 3.69. The van der Waals surface area contributed by atoms with Gasteiger partial charge in [-0.2, -0.15) is 0 Å². The molecule has 0 radical (unpaired) electrons. The number of rotatable bonds is 8. The van der Waals surface area contributed by atoms with Crippen LogP contribution in [-0.2, 0) is 0 Å². The van der Waals surface area contributed by atoms with Crippen molar-refractivity contribution in [2.24, 2.45) is 0 Å². The van der Waals surface area contributed by atoms with Crippen LogP contribution in [0.1, 0.15) is 0 Å². The summed E-state index contributed by atoms with van der Waals surface area (Å²) in [7, 11) is 0. The summed E-state index contributed by atoms with van der Waals surface area (Å²) in [6, 6.07) is 39.4. The Morgan fingerprint density at radius 1 is 0.444 bits per heavy atom. The highest BCUT2D eigenvalue weighted by molar-refractivity contribution is 5.69. The number of para-hydroxylation sites is 1. The van der Waals surface area contributed by atoms with E-state index in [2.05, 4.69) is 40.2 Å². The van der Waals surface area contributed by atoms with Crippen molar-refractivity contribution in [2.45, 2.75) is 0 Å². The minimum atomic E-state index is 0.505. The number of nitrogen functional groups attached to an aromatic ring is 2. The second-order valence-electron chi connectivity index (χ2n) is 8.32. The van der Waals surface area contributed by atoms with E-state index in [0.717, 1.165) is 34.1 Å². The van der Waals surface area contributed by atoms with Gasteiger partial charge in [-0.1, -0.05) is 18.2 Å². The van der Waals surface area contributed by atoms with Crippen molar-refractivity contribution < 1.29 is 4.74 Å². The maximum atomic E-state index is 5.97. The molecule has 178 valence electrons. The van der Waals surface area contributed by atoms with Crippen LogP contribution in [-0.4, -0.2) is 0 Å². The Labute approximate surface area is 210 Å². The van der Waals surface area contributed by atoms with Gasteiger partial charge in [-0.05, 0) is 103 Å². The highest BCUT2D eigenvalue weighted by Crippen LogP contribution is 2.30. The Kier molecular flexibility index (Phi) is 6.58. The molecule has 0 aliphatic carbocycles. The Bertz CT molecular complexity index is 1420. The maximum Gasteiger partial charge on any atom is 0.150 e. The number of ether oxygens (including phenoxy) is 1. The van der Waals surface area contributed by atoms with E-state index in [-0.39, 0.29) is 0 Å². The fraction of sp³-hybridized carbons (Fsp3) is 0. The van der Waals surface area contributed by atoms with Gasteiger partial charge in [0, 0.05) is 39.8 Å². The normalized spacial score (nSPS) is 10.4. The number of hydrogen-bond donors (Lipinski definition) is 5. The van der Waals surface area contributed by atoms with E-state index in [1.54, 1.807) is 18.2 Å². The lowest BCUT2D eigenvalue weighted by Gasteiger charge is -2.12. The van der Waals surface area contributed by atoms with Crippen LogP contribution in [0.25, 0.3) is 0 Å². The average molecular weight is 474 g/mol. The van der Waals surface area contributed by atoms with Gasteiger partial charge < -0.3 is 32.2 Å². The average Bonchev–Trinajstić information content (AvgIpc) is 2.90. The molecule has 0 aromatic heterocycles. The van der Waals surface area contributed by atoms with Crippen LogP contribution in [0.2, 0.25) is 0 Å². The molecule has 6 heteroatoms. The molecule has 0 fully saturated rings. The molecule has 5 aromatic carbocycles. The van der Waals surface area contributed by atoms with Gasteiger partial charge in [0.15, 0.2) is 0 Å². The monoisotopic (exact) mass is 473 g/mol. The lowest BCUT2D eigenvalue weighted by molar-refractivity contribution is 0.485. The van der Waals surface area contributed by atoms with E-state index in [0.29, 0.717) is 22.9 Å². The van der Waals surface area contributed by atoms with Gasteiger partial charge in [0.2, 0.25) is 0 Å². The number of nitrogens with one attached hydrogen (secondary N) is 3. The SMILES string of the molecule is Nc1ccc(Oc2ccc(Nc3ccc(Nc4ccc(Nc5ccccc5)cc4)cc3)cc2)c(N)c1. The molecule has 0 heterocycles. The third kappa shape index (κ3) is 5.87. The lowest BCUT2D eigenvalue weighted by Crippen LogP contribution is -1.95. The molecule has 5 rings (SSSR count). The van der Waals surface area contributed by atoms with E-state index >= 15 is 0 Å². The van der Waals surface area contributed by atoms with E-state index in [1.165, 1.54) is 0 Å². The molecule has 6 nitrogen and oxygen atoms in total. The fourth-order valence-electron chi connectivity index (χ4n) is 3.69. The van der Waals surface area contributed by atoms with E-state index in [9.17, 15) is 0 Å². The number of anilines is 8. The van der Waals surface area contributed by atoms with Crippen molar-refractivity contribution in [1.29, 1.82) is 0 Å². The van der Waals surface area contributed by atoms with Crippen molar-refractivity contribution in [3.8, 4) is 11.5 Å². The molecule has 0 atom stereocenters. The minimum absolute atomic E-state index is 0.505. The van der Waals surface area contributed by atoms with Crippen molar-refractivity contribution >= 4 is 45.5 Å². The van der Waals surface area contributed by atoms with Crippen LogP contribution < -0.4 is 32.2 Å². The van der Waals surface area contributed by atoms with Gasteiger partial charge in [0.05, 0.1) is 5.69 Å². The molecule has 36 heavy (non-hydrogen) atoms. The van der Waals surface area contributed by atoms with Crippen LogP contribution in [0.15, 0.2) is 121 Å². The summed E-state index contributed by atoms with van der Waals surface area (Å²) in [5, 5.41) is 10.2. The lowest BCUT2D eigenvalue weighted by atomic mass is 10.2. The molecule has 0 aliphatic rings. The van der Waals surface area contributed by atoms with Crippen LogP contribution in [0, 0.1) is 0 Å².